The van der Waals surface area contributed by atoms with Crippen LogP contribution in [0.15, 0.2) is 59.0 Å². The number of aromatic nitrogens is 4. The first-order valence-electron chi connectivity index (χ1n) is 9.03. The van der Waals surface area contributed by atoms with E-state index in [2.05, 4.69) is 28.9 Å². The van der Waals surface area contributed by atoms with Crippen molar-refractivity contribution < 1.29 is 0 Å². The molecule has 0 spiro atoms. The molecule has 2 heterocycles. The summed E-state index contributed by atoms with van der Waals surface area (Å²) in [6, 6.07) is 13.6. The fourth-order valence-electron chi connectivity index (χ4n) is 3.18. The summed E-state index contributed by atoms with van der Waals surface area (Å²) in [6.45, 7) is 6.39. The summed E-state index contributed by atoms with van der Waals surface area (Å²) >= 11 is 7.74. The Morgan fingerprint density at radius 3 is 2.68 bits per heavy atom. The van der Waals surface area contributed by atoms with Crippen molar-refractivity contribution in [3.63, 3.8) is 0 Å². The van der Waals surface area contributed by atoms with Crippen molar-refractivity contribution >= 4 is 46.1 Å². The molecule has 28 heavy (non-hydrogen) atoms. The highest BCUT2D eigenvalue weighted by atomic mass is 35.5. The molecule has 0 bridgehead atoms. The summed E-state index contributed by atoms with van der Waals surface area (Å²) in [5, 5.41) is 10.5. The van der Waals surface area contributed by atoms with Crippen LogP contribution in [-0.2, 0) is 12.3 Å². The van der Waals surface area contributed by atoms with Crippen LogP contribution >= 0.6 is 23.4 Å². The van der Waals surface area contributed by atoms with Gasteiger partial charge in [0, 0.05) is 17.3 Å². The molecule has 0 aliphatic carbocycles. The Labute approximate surface area is 171 Å². The lowest BCUT2D eigenvalue weighted by Gasteiger charge is -2.10. The Morgan fingerprint density at radius 2 is 1.96 bits per heavy atom. The smallest absolute Gasteiger partial charge is 0.262 e. The van der Waals surface area contributed by atoms with Crippen LogP contribution in [0.2, 0.25) is 5.02 Å². The van der Waals surface area contributed by atoms with Crippen LogP contribution in [-0.4, -0.2) is 19.2 Å². The van der Waals surface area contributed by atoms with Crippen molar-refractivity contribution in [3.8, 4) is 0 Å². The number of rotatable bonds is 6. The lowest BCUT2D eigenvalue weighted by atomic mass is 10.1. The first-order valence-corrected chi connectivity index (χ1v) is 10.4. The third-order valence-corrected chi connectivity index (χ3v) is 5.80. The minimum atomic E-state index is -0.0872. The molecule has 142 valence electrons. The van der Waals surface area contributed by atoms with E-state index in [1.807, 2.05) is 35.6 Å². The van der Waals surface area contributed by atoms with E-state index in [9.17, 15) is 4.79 Å². The second-order valence-corrected chi connectivity index (χ2v) is 7.85. The Kier molecular flexibility index (Phi) is 5.24. The predicted octanol–water partition coefficient (Wildman–Crippen LogP) is 5.04. The summed E-state index contributed by atoms with van der Waals surface area (Å²) in [5.74, 6) is 1.31. The third kappa shape index (κ3) is 3.34. The second kappa shape index (κ2) is 7.81. The molecule has 0 atom stereocenters. The fraction of sp³-hybridized carbons (Fsp3) is 0.190. The molecular formula is C21H19ClN4OS. The maximum absolute atomic E-state index is 12.9. The number of thioether (sulfide) groups is 1. The minimum absolute atomic E-state index is 0.0872. The third-order valence-electron chi connectivity index (χ3n) is 4.56. The molecule has 4 aromatic rings. The van der Waals surface area contributed by atoms with Crippen molar-refractivity contribution in [1.29, 1.82) is 0 Å². The van der Waals surface area contributed by atoms with Gasteiger partial charge in [-0.1, -0.05) is 67.2 Å². The number of halogens is 1. The van der Waals surface area contributed by atoms with Crippen molar-refractivity contribution in [1.82, 2.24) is 19.2 Å². The molecule has 0 N–H and O–H groups in total. The van der Waals surface area contributed by atoms with Crippen molar-refractivity contribution in [2.24, 2.45) is 0 Å². The lowest BCUT2D eigenvalue weighted by Crippen LogP contribution is -2.23. The predicted molar refractivity (Wildman–Crippen MR) is 116 cm³/mol. The van der Waals surface area contributed by atoms with Crippen LogP contribution < -0.4 is 5.56 Å². The molecule has 2 aromatic heterocycles. The van der Waals surface area contributed by atoms with E-state index in [1.165, 1.54) is 5.56 Å². The monoisotopic (exact) mass is 410 g/mol. The van der Waals surface area contributed by atoms with Crippen LogP contribution in [0.4, 0.5) is 0 Å². The van der Waals surface area contributed by atoms with Gasteiger partial charge in [-0.25, -0.2) is 0 Å². The average molecular weight is 411 g/mol. The Balaban J connectivity index is 1.81. The number of benzene rings is 2. The molecule has 0 saturated heterocycles. The maximum Gasteiger partial charge on any atom is 0.262 e. The van der Waals surface area contributed by atoms with Gasteiger partial charge < -0.3 is 0 Å². The van der Waals surface area contributed by atoms with Gasteiger partial charge in [-0.15, -0.1) is 10.2 Å². The summed E-state index contributed by atoms with van der Waals surface area (Å²) in [4.78, 5) is 12.9. The summed E-state index contributed by atoms with van der Waals surface area (Å²) in [6.07, 6.45) is 2.65. The van der Waals surface area contributed by atoms with Gasteiger partial charge in [0.05, 0.1) is 10.9 Å². The van der Waals surface area contributed by atoms with Crippen LogP contribution in [0.1, 0.15) is 24.5 Å². The first kappa shape index (κ1) is 18.8. The highest BCUT2D eigenvalue weighted by molar-refractivity contribution is 7.98. The minimum Gasteiger partial charge on any atom is -0.276 e. The summed E-state index contributed by atoms with van der Waals surface area (Å²) in [7, 11) is 0. The Hall–Kier alpha value is -2.57. The largest absolute Gasteiger partial charge is 0.276 e. The molecule has 0 saturated carbocycles. The van der Waals surface area contributed by atoms with E-state index in [1.54, 1.807) is 28.5 Å². The normalized spacial score (nSPS) is 11.4. The van der Waals surface area contributed by atoms with E-state index in [0.29, 0.717) is 22.7 Å². The van der Waals surface area contributed by atoms with E-state index in [4.69, 9.17) is 11.6 Å². The zero-order valence-electron chi connectivity index (χ0n) is 15.4. The topological polar surface area (TPSA) is 52.2 Å². The molecule has 2 aromatic carbocycles. The molecule has 0 amide bonds. The van der Waals surface area contributed by atoms with Crippen LogP contribution in [0.3, 0.4) is 0 Å². The zero-order valence-corrected chi connectivity index (χ0v) is 17.0. The van der Waals surface area contributed by atoms with E-state index in [0.717, 1.165) is 28.4 Å². The molecule has 0 radical (unpaired) electrons. The number of hydrogen-bond donors (Lipinski definition) is 0. The maximum atomic E-state index is 12.9. The quantitative estimate of drug-likeness (QED) is 0.418. The van der Waals surface area contributed by atoms with Gasteiger partial charge in [-0.3, -0.25) is 13.8 Å². The van der Waals surface area contributed by atoms with Gasteiger partial charge in [-0.2, -0.15) is 0 Å². The van der Waals surface area contributed by atoms with Gasteiger partial charge in [0.25, 0.3) is 5.56 Å². The number of fused-ring (bicyclic) bond motifs is 3. The van der Waals surface area contributed by atoms with E-state index < -0.39 is 0 Å². The number of aryl methyl sites for hydroxylation is 1. The molecule has 7 heteroatoms. The van der Waals surface area contributed by atoms with Gasteiger partial charge in [0.15, 0.2) is 5.16 Å². The number of nitrogens with zero attached hydrogens (tertiary/aromatic N) is 4. The Morgan fingerprint density at radius 1 is 1.18 bits per heavy atom. The highest BCUT2D eigenvalue weighted by Gasteiger charge is 2.17. The van der Waals surface area contributed by atoms with Crippen LogP contribution in [0, 0.1) is 0 Å². The van der Waals surface area contributed by atoms with E-state index >= 15 is 0 Å². The van der Waals surface area contributed by atoms with Crippen molar-refractivity contribution in [2.45, 2.75) is 30.8 Å². The standard InChI is InChI=1S/C21H19ClN4OS/c1-3-11-25-19(27)17-12-16(22)9-10-18(17)26-20(25)23-24-21(26)28-13-15-7-5-14(4-2)6-8-15/h4-10,12H,2-3,11,13H2,1H3. The molecule has 0 fully saturated rings. The summed E-state index contributed by atoms with van der Waals surface area (Å²) in [5.41, 5.74) is 2.96. The zero-order chi connectivity index (χ0) is 19.7. The molecule has 4 rings (SSSR count). The van der Waals surface area contributed by atoms with Crippen LogP contribution in [0.5, 0.6) is 0 Å². The van der Waals surface area contributed by atoms with Gasteiger partial charge in [0.2, 0.25) is 5.78 Å². The van der Waals surface area contributed by atoms with Crippen LogP contribution in [0.25, 0.3) is 22.8 Å². The average Bonchev–Trinajstić information content (AvgIpc) is 3.13. The molecule has 0 unspecified atom stereocenters. The summed E-state index contributed by atoms with van der Waals surface area (Å²) < 4.78 is 3.63. The lowest BCUT2D eigenvalue weighted by molar-refractivity contribution is 0.662. The number of hydrogen-bond acceptors (Lipinski definition) is 4. The molecular weight excluding hydrogens is 392 g/mol. The second-order valence-electron chi connectivity index (χ2n) is 6.47. The molecule has 5 nitrogen and oxygen atoms in total. The van der Waals surface area contributed by atoms with Gasteiger partial charge in [0.1, 0.15) is 0 Å². The van der Waals surface area contributed by atoms with Gasteiger partial charge >= 0.3 is 0 Å². The highest BCUT2D eigenvalue weighted by Crippen LogP contribution is 2.26. The molecule has 0 aliphatic heterocycles. The van der Waals surface area contributed by atoms with E-state index in [-0.39, 0.29) is 5.56 Å². The molecule has 0 aliphatic rings. The first-order chi connectivity index (χ1) is 13.6. The fourth-order valence-corrected chi connectivity index (χ4v) is 4.24. The van der Waals surface area contributed by atoms with Crippen molar-refractivity contribution in [2.75, 3.05) is 0 Å². The SMILES string of the molecule is C=Cc1ccc(CSc2nnc3n(CCC)c(=O)c4cc(Cl)ccc4n23)cc1. The van der Waals surface area contributed by atoms with Gasteiger partial charge in [-0.05, 0) is 35.7 Å². The Bertz CT molecular complexity index is 1230. The van der Waals surface area contributed by atoms with Crippen molar-refractivity contribution in [3.05, 3.63) is 75.5 Å².